The molecule has 2 N–H and O–H groups in total. The lowest BCUT2D eigenvalue weighted by Crippen LogP contribution is -2.37. The Kier molecular flexibility index (Phi) is 4.50. The molecule has 0 aliphatic carbocycles. The quantitative estimate of drug-likeness (QED) is 0.873. The number of hydrogen-bond donors (Lipinski definition) is 2. The number of fused-ring (bicyclic) bond motifs is 1. The Morgan fingerprint density at radius 2 is 2.09 bits per heavy atom. The van der Waals surface area contributed by atoms with Gasteiger partial charge in [0.25, 0.3) is 5.91 Å². The average Bonchev–Trinajstić information content (AvgIpc) is 2.59. The summed E-state index contributed by atoms with van der Waals surface area (Å²) < 4.78 is 5.36. The van der Waals surface area contributed by atoms with Crippen molar-refractivity contribution >= 4 is 22.6 Å². The van der Waals surface area contributed by atoms with Crippen molar-refractivity contribution < 1.29 is 14.6 Å². The van der Waals surface area contributed by atoms with Crippen molar-refractivity contribution in [1.29, 1.82) is 0 Å². The van der Waals surface area contributed by atoms with Crippen LogP contribution in [0.4, 0.5) is 5.82 Å². The lowest BCUT2D eigenvalue weighted by molar-refractivity contribution is 0.0946. The molecular formula is C16H19N3O3. The zero-order chi connectivity index (χ0) is 15.4. The molecule has 0 bridgehead atoms. The van der Waals surface area contributed by atoms with Gasteiger partial charge in [0.15, 0.2) is 0 Å². The fourth-order valence-electron chi connectivity index (χ4n) is 2.57. The van der Waals surface area contributed by atoms with Gasteiger partial charge >= 0.3 is 0 Å². The first-order valence-electron chi connectivity index (χ1n) is 7.41. The van der Waals surface area contributed by atoms with Crippen LogP contribution in [0.2, 0.25) is 0 Å². The maximum Gasteiger partial charge on any atom is 0.252 e. The standard InChI is InChI=1S/C16H19N3O3/c20-8-5-17-16(21)13-11-15(19-6-9-22-10-7-19)18-14-4-2-1-3-12(13)14/h1-4,11,20H,5-10H2,(H,17,21). The molecule has 1 saturated heterocycles. The Morgan fingerprint density at radius 3 is 2.86 bits per heavy atom. The first kappa shape index (κ1) is 14.7. The van der Waals surface area contributed by atoms with Gasteiger partial charge in [0.05, 0.1) is 30.9 Å². The molecule has 6 heteroatoms. The normalized spacial score (nSPS) is 15.0. The summed E-state index contributed by atoms with van der Waals surface area (Å²) in [5, 5.41) is 12.4. The van der Waals surface area contributed by atoms with Crippen LogP contribution < -0.4 is 10.2 Å². The zero-order valence-corrected chi connectivity index (χ0v) is 12.3. The van der Waals surface area contributed by atoms with E-state index in [0.717, 1.165) is 29.8 Å². The number of aliphatic hydroxyl groups excluding tert-OH is 1. The topological polar surface area (TPSA) is 74.7 Å². The van der Waals surface area contributed by atoms with Gasteiger partial charge in [-0.15, -0.1) is 0 Å². The molecular weight excluding hydrogens is 282 g/mol. The number of nitrogens with zero attached hydrogens (tertiary/aromatic N) is 2. The van der Waals surface area contributed by atoms with E-state index in [1.54, 1.807) is 0 Å². The number of nitrogens with one attached hydrogen (secondary N) is 1. The van der Waals surface area contributed by atoms with E-state index in [4.69, 9.17) is 9.84 Å². The third-order valence-electron chi connectivity index (χ3n) is 3.68. The number of aromatic nitrogens is 1. The van der Waals surface area contributed by atoms with Crippen molar-refractivity contribution in [3.63, 3.8) is 0 Å². The van der Waals surface area contributed by atoms with E-state index in [2.05, 4.69) is 15.2 Å². The number of amides is 1. The molecule has 1 aromatic heterocycles. The Bertz CT molecular complexity index is 669. The maximum atomic E-state index is 12.4. The summed E-state index contributed by atoms with van der Waals surface area (Å²) >= 11 is 0. The second-order valence-electron chi connectivity index (χ2n) is 5.12. The van der Waals surface area contributed by atoms with Gasteiger partial charge < -0.3 is 20.1 Å². The summed E-state index contributed by atoms with van der Waals surface area (Å²) in [6.45, 7) is 3.03. The van der Waals surface area contributed by atoms with E-state index in [9.17, 15) is 4.79 Å². The molecule has 0 saturated carbocycles. The monoisotopic (exact) mass is 301 g/mol. The number of benzene rings is 1. The van der Waals surface area contributed by atoms with Gasteiger partial charge in [-0.25, -0.2) is 4.98 Å². The molecule has 0 atom stereocenters. The molecule has 2 aromatic rings. The van der Waals surface area contributed by atoms with E-state index in [1.165, 1.54) is 0 Å². The second-order valence-corrected chi connectivity index (χ2v) is 5.12. The van der Waals surface area contributed by atoms with Gasteiger partial charge in [0.2, 0.25) is 0 Å². The van der Waals surface area contributed by atoms with Crippen molar-refractivity contribution in [2.45, 2.75) is 0 Å². The Hall–Kier alpha value is -2.18. The number of para-hydroxylation sites is 1. The van der Waals surface area contributed by atoms with Crippen molar-refractivity contribution in [2.75, 3.05) is 44.4 Å². The summed E-state index contributed by atoms with van der Waals surface area (Å²) in [7, 11) is 0. The summed E-state index contributed by atoms with van der Waals surface area (Å²) in [5.41, 5.74) is 1.38. The highest BCUT2D eigenvalue weighted by Gasteiger charge is 2.17. The molecule has 1 aliphatic heterocycles. The van der Waals surface area contributed by atoms with Crippen LogP contribution in [0.3, 0.4) is 0 Å². The van der Waals surface area contributed by atoms with Crippen LogP contribution >= 0.6 is 0 Å². The van der Waals surface area contributed by atoms with E-state index in [0.29, 0.717) is 18.8 Å². The van der Waals surface area contributed by atoms with Crippen LogP contribution in [0.5, 0.6) is 0 Å². The number of carbonyl (C=O) groups excluding carboxylic acids is 1. The molecule has 1 fully saturated rings. The molecule has 3 rings (SSSR count). The summed E-state index contributed by atoms with van der Waals surface area (Å²) in [6.07, 6.45) is 0. The Labute approximate surface area is 128 Å². The molecule has 1 aliphatic rings. The molecule has 22 heavy (non-hydrogen) atoms. The number of anilines is 1. The van der Waals surface area contributed by atoms with Crippen LogP contribution in [0.25, 0.3) is 10.9 Å². The molecule has 2 heterocycles. The third kappa shape index (κ3) is 3.03. The van der Waals surface area contributed by atoms with E-state index < -0.39 is 0 Å². The maximum absolute atomic E-state index is 12.4. The number of rotatable bonds is 4. The number of hydrogen-bond acceptors (Lipinski definition) is 5. The van der Waals surface area contributed by atoms with Crippen LogP contribution in [0.1, 0.15) is 10.4 Å². The predicted octanol–water partition coefficient (Wildman–Crippen LogP) is 0.793. The highest BCUT2D eigenvalue weighted by Crippen LogP contribution is 2.23. The minimum Gasteiger partial charge on any atom is -0.395 e. The second kappa shape index (κ2) is 6.72. The number of carbonyl (C=O) groups is 1. The minimum atomic E-state index is -0.192. The Morgan fingerprint density at radius 1 is 1.32 bits per heavy atom. The van der Waals surface area contributed by atoms with Crippen LogP contribution in [-0.2, 0) is 4.74 Å². The minimum absolute atomic E-state index is 0.0783. The fraction of sp³-hybridized carbons (Fsp3) is 0.375. The largest absolute Gasteiger partial charge is 0.395 e. The van der Waals surface area contributed by atoms with E-state index in [-0.39, 0.29) is 19.1 Å². The summed E-state index contributed by atoms with van der Waals surface area (Å²) in [4.78, 5) is 19.1. The van der Waals surface area contributed by atoms with Crippen LogP contribution in [0, 0.1) is 0 Å². The van der Waals surface area contributed by atoms with Gasteiger partial charge in [-0.3, -0.25) is 4.79 Å². The molecule has 6 nitrogen and oxygen atoms in total. The number of pyridine rings is 1. The predicted molar refractivity (Wildman–Crippen MR) is 84.2 cm³/mol. The zero-order valence-electron chi connectivity index (χ0n) is 12.3. The summed E-state index contributed by atoms with van der Waals surface area (Å²) in [6, 6.07) is 9.41. The van der Waals surface area contributed by atoms with Gasteiger partial charge in [-0.2, -0.15) is 0 Å². The molecule has 1 amide bonds. The number of morpholine rings is 1. The van der Waals surface area contributed by atoms with Gasteiger partial charge in [-0.1, -0.05) is 18.2 Å². The third-order valence-corrected chi connectivity index (χ3v) is 3.68. The first-order chi connectivity index (χ1) is 10.8. The first-order valence-corrected chi connectivity index (χ1v) is 7.41. The van der Waals surface area contributed by atoms with E-state index >= 15 is 0 Å². The van der Waals surface area contributed by atoms with Gasteiger partial charge in [0, 0.05) is 25.0 Å². The molecule has 0 spiro atoms. The van der Waals surface area contributed by atoms with Gasteiger partial charge in [-0.05, 0) is 12.1 Å². The number of aliphatic hydroxyl groups is 1. The van der Waals surface area contributed by atoms with Gasteiger partial charge in [0.1, 0.15) is 5.82 Å². The van der Waals surface area contributed by atoms with Crippen molar-refractivity contribution in [2.24, 2.45) is 0 Å². The molecule has 1 aromatic carbocycles. The highest BCUT2D eigenvalue weighted by atomic mass is 16.5. The highest BCUT2D eigenvalue weighted by molar-refractivity contribution is 6.07. The van der Waals surface area contributed by atoms with Crippen molar-refractivity contribution in [1.82, 2.24) is 10.3 Å². The van der Waals surface area contributed by atoms with Crippen molar-refractivity contribution in [3.8, 4) is 0 Å². The molecule has 0 radical (unpaired) electrons. The molecule has 116 valence electrons. The van der Waals surface area contributed by atoms with Crippen molar-refractivity contribution in [3.05, 3.63) is 35.9 Å². The average molecular weight is 301 g/mol. The fourth-order valence-corrected chi connectivity index (χ4v) is 2.57. The number of ether oxygens (including phenoxy) is 1. The van der Waals surface area contributed by atoms with Crippen LogP contribution in [-0.4, -0.2) is 55.5 Å². The lowest BCUT2D eigenvalue weighted by Gasteiger charge is -2.28. The molecule has 0 unspecified atom stereocenters. The summed E-state index contributed by atoms with van der Waals surface area (Å²) in [5.74, 6) is 0.596. The SMILES string of the molecule is O=C(NCCO)c1cc(N2CCOCC2)nc2ccccc12. The van der Waals surface area contributed by atoms with E-state index in [1.807, 2.05) is 30.3 Å². The van der Waals surface area contributed by atoms with Crippen LogP contribution in [0.15, 0.2) is 30.3 Å². The lowest BCUT2D eigenvalue weighted by atomic mass is 10.1. The smallest absolute Gasteiger partial charge is 0.252 e. The Balaban J connectivity index is 2.01.